The zero-order chi connectivity index (χ0) is 20.2. The van der Waals surface area contributed by atoms with Crippen molar-refractivity contribution in [2.24, 2.45) is 10.1 Å². The first-order valence-corrected chi connectivity index (χ1v) is 11.2. The van der Waals surface area contributed by atoms with Gasteiger partial charge in [-0.05, 0) is 31.7 Å². The summed E-state index contributed by atoms with van der Waals surface area (Å²) in [5.41, 5.74) is 2.11. The van der Waals surface area contributed by atoms with Gasteiger partial charge < -0.3 is 14.2 Å². The molecular weight excluding hydrogens is 386 g/mol. The molecule has 156 valence electrons. The van der Waals surface area contributed by atoms with Gasteiger partial charge in [0.25, 0.3) is 0 Å². The molecule has 2 aliphatic carbocycles. The van der Waals surface area contributed by atoms with Gasteiger partial charge in [-0.3, -0.25) is 4.99 Å². The molecule has 1 aromatic carbocycles. The van der Waals surface area contributed by atoms with Gasteiger partial charge in [-0.1, -0.05) is 19.3 Å². The van der Waals surface area contributed by atoms with Crippen LogP contribution in [0.25, 0.3) is 0 Å². The Balaban J connectivity index is 1.71. The number of hydrogen-bond acceptors (Lipinski definition) is 6. The number of hydrogen-bond donors (Lipinski definition) is 0. The van der Waals surface area contributed by atoms with Gasteiger partial charge >= 0.3 is 0 Å². The zero-order valence-corrected chi connectivity index (χ0v) is 18.2. The Hall–Kier alpha value is -2.28. The topological polar surface area (TPSA) is 57.3 Å². The highest BCUT2D eigenvalue weighted by atomic mass is 32.1. The average molecular weight is 416 g/mol. The van der Waals surface area contributed by atoms with Crippen molar-refractivity contribution in [3.63, 3.8) is 0 Å². The fourth-order valence-electron chi connectivity index (χ4n) is 3.81. The average Bonchev–Trinajstić information content (AvgIpc) is 3.54. The molecule has 1 heterocycles. The highest BCUT2D eigenvalue weighted by Crippen LogP contribution is 2.40. The van der Waals surface area contributed by atoms with Crippen molar-refractivity contribution in [3.8, 4) is 17.2 Å². The van der Waals surface area contributed by atoms with Crippen LogP contribution in [0.5, 0.6) is 17.2 Å². The SMILES string of the molecule is COc1cc(OC)c(OC)cc1C=Nn1c(C2CC2)csc1=NC1CCCCC1. The molecule has 6 nitrogen and oxygen atoms in total. The maximum Gasteiger partial charge on any atom is 0.206 e. The van der Waals surface area contributed by atoms with E-state index in [0.29, 0.717) is 29.2 Å². The van der Waals surface area contributed by atoms with Gasteiger partial charge in [0, 0.05) is 22.9 Å². The molecule has 2 saturated carbocycles. The van der Waals surface area contributed by atoms with Crippen molar-refractivity contribution < 1.29 is 14.2 Å². The van der Waals surface area contributed by atoms with Gasteiger partial charge in [0.05, 0.1) is 39.3 Å². The van der Waals surface area contributed by atoms with E-state index in [9.17, 15) is 0 Å². The van der Waals surface area contributed by atoms with Gasteiger partial charge in [0.15, 0.2) is 11.5 Å². The second kappa shape index (κ2) is 9.03. The van der Waals surface area contributed by atoms with Gasteiger partial charge in [-0.2, -0.15) is 5.10 Å². The summed E-state index contributed by atoms with van der Waals surface area (Å²) in [6.07, 6.45) is 10.6. The van der Waals surface area contributed by atoms with E-state index in [-0.39, 0.29) is 0 Å². The Morgan fingerprint density at radius 1 is 0.931 bits per heavy atom. The monoisotopic (exact) mass is 415 g/mol. The number of methoxy groups -OCH3 is 3. The van der Waals surface area contributed by atoms with Crippen LogP contribution in [-0.4, -0.2) is 38.3 Å². The van der Waals surface area contributed by atoms with Gasteiger partial charge in [-0.25, -0.2) is 4.68 Å². The molecule has 2 aromatic rings. The lowest BCUT2D eigenvalue weighted by Crippen LogP contribution is -2.19. The van der Waals surface area contributed by atoms with Gasteiger partial charge in [0.1, 0.15) is 5.75 Å². The summed E-state index contributed by atoms with van der Waals surface area (Å²) in [6, 6.07) is 4.14. The lowest BCUT2D eigenvalue weighted by atomic mass is 9.96. The van der Waals surface area contributed by atoms with E-state index >= 15 is 0 Å². The fourth-order valence-corrected chi connectivity index (χ4v) is 4.79. The van der Waals surface area contributed by atoms with E-state index in [0.717, 1.165) is 10.4 Å². The number of benzene rings is 1. The Labute approximate surface area is 175 Å². The second-order valence-electron chi connectivity index (χ2n) is 7.64. The first kappa shape index (κ1) is 20.0. The predicted molar refractivity (Wildman–Crippen MR) is 116 cm³/mol. The molecule has 1 aromatic heterocycles. The minimum Gasteiger partial charge on any atom is -0.496 e. The van der Waals surface area contributed by atoms with Crippen LogP contribution in [0.15, 0.2) is 27.6 Å². The number of aromatic nitrogens is 1. The molecule has 29 heavy (non-hydrogen) atoms. The fraction of sp³-hybridized carbons (Fsp3) is 0.545. The van der Waals surface area contributed by atoms with E-state index in [2.05, 4.69) is 5.38 Å². The van der Waals surface area contributed by atoms with E-state index < -0.39 is 0 Å². The van der Waals surface area contributed by atoms with Crippen molar-refractivity contribution in [2.75, 3.05) is 21.3 Å². The molecule has 0 saturated heterocycles. The standard InChI is InChI=1S/C22H29N3O3S/c1-26-19-12-21(28-3)20(27-2)11-16(19)13-23-25-18(15-9-10-15)14-29-22(25)24-17-7-5-4-6-8-17/h11-15,17H,4-10H2,1-3H3. The summed E-state index contributed by atoms with van der Waals surface area (Å²) < 4.78 is 18.4. The van der Waals surface area contributed by atoms with Crippen LogP contribution in [0, 0.1) is 0 Å². The molecule has 2 fully saturated rings. The third-order valence-corrected chi connectivity index (χ3v) is 6.47. The molecule has 7 heteroatoms. The third kappa shape index (κ3) is 4.50. The largest absolute Gasteiger partial charge is 0.496 e. The molecule has 4 rings (SSSR count). The normalized spacial score (nSPS) is 18.4. The third-order valence-electron chi connectivity index (χ3n) is 5.62. The minimum absolute atomic E-state index is 0.423. The van der Waals surface area contributed by atoms with E-state index in [1.54, 1.807) is 32.7 Å². The molecule has 0 N–H and O–H groups in total. The van der Waals surface area contributed by atoms with Crippen LogP contribution < -0.4 is 19.0 Å². The summed E-state index contributed by atoms with van der Waals surface area (Å²) >= 11 is 1.70. The molecule has 0 aliphatic heterocycles. The zero-order valence-electron chi connectivity index (χ0n) is 17.4. The van der Waals surface area contributed by atoms with Crippen LogP contribution in [0.4, 0.5) is 0 Å². The van der Waals surface area contributed by atoms with Crippen molar-refractivity contribution in [2.45, 2.75) is 56.9 Å². The smallest absolute Gasteiger partial charge is 0.206 e. The predicted octanol–water partition coefficient (Wildman–Crippen LogP) is 4.57. The second-order valence-corrected chi connectivity index (χ2v) is 8.48. The van der Waals surface area contributed by atoms with Gasteiger partial charge in [0.2, 0.25) is 4.80 Å². The first-order chi connectivity index (χ1) is 14.2. The molecular formula is C22H29N3O3S. The number of thiazole rings is 1. The highest BCUT2D eigenvalue weighted by molar-refractivity contribution is 7.07. The van der Waals surface area contributed by atoms with Crippen molar-refractivity contribution in [3.05, 3.63) is 33.6 Å². The van der Waals surface area contributed by atoms with E-state index in [4.69, 9.17) is 24.3 Å². The summed E-state index contributed by atoms with van der Waals surface area (Å²) in [7, 11) is 4.90. The van der Waals surface area contributed by atoms with Crippen LogP contribution in [0.3, 0.4) is 0 Å². The van der Waals surface area contributed by atoms with Gasteiger partial charge in [-0.15, -0.1) is 11.3 Å². The van der Waals surface area contributed by atoms with Crippen LogP contribution >= 0.6 is 11.3 Å². The summed E-state index contributed by atoms with van der Waals surface area (Å²) in [5.74, 6) is 2.59. The summed E-state index contributed by atoms with van der Waals surface area (Å²) in [6.45, 7) is 0. The van der Waals surface area contributed by atoms with Crippen molar-refractivity contribution >= 4 is 17.6 Å². The minimum atomic E-state index is 0.423. The van der Waals surface area contributed by atoms with Crippen LogP contribution in [-0.2, 0) is 0 Å². The Kier molecular flexibility index (Phi) is 6.23. The van der Waals surface area contributed by atoms with E-state index in [1.807, 2.05) is 23.0 Å². The molecule has 0 atom stereocenters. The summed E-state index contributed by atoms with van der Waals surface area (Å²) in [5, 5.41) is 7.06. The van der Waals surface area contributed by atoms with Crippen LogP contribution in [0.1, 0.15) is 62.1 Å². The molecule has 0 spiro atoms. The number of ether oxygens (including phenoxy) is 3. The highest BCUT2D eigenvalue weighted by Gasteiger charge is 2.28. The maximum absolute atomic E-state index is 5.54. The first-order valence-electron chi connectivity index (χ1n) is 10.3. The van der Waals surface area contributed by atoms with Crippen molar-refractivity contribution in [1.82, 2.24) is 4.68 Å². The number of rotatable bonds is 7. The Morgan fingerprint density at radius 2 is 1.62 bits per heavy atom. The Bertz CT molecular complexity index is 937. The maximum atomic E-state index is 5.54. The van der Waals surface area contributed by atoms with Crippen molar-refractivity contribution in [1.29, 1.82) is 0 Å². The molecule has 0 amide bonds. The van der Waals surface area contributed by atoms with Crippen LogP contribution in [0.2, 0.25) is 0 Å². The lowest BCUT2D eigenvalue weighted by molar-refractivity contribution is 0.349. The quantitative estimate of drug-likeness (QED) is 0.623. The molecule has 0 radical (unpaired) electrons. The summed E-state index contributed by atoms with van der Waals surface area (Å²) in [4.78, 5) is 6.05. The molecule has 2 aliphatic rings. The Morgan fingerprint density at radius 3 is 2.28 bits per heavy atom. The molecule has 0 bridgehead atoms. The lowest BCUT2D eigenvalue weighted by Gasteiger charge is -2.16. The molecule has 0 unspecified atom stereocenters. The number of nitrogens with zero attached hydrogens (tertiary/aromatic N) is 3. The van der Waals surface area contributed by atoms with E-state index in [1.165, 1.54) is 50.6 Å².